The lowest BCUT2D eigenvalue weighted by Gasteiger charge is -2.31. The Labute approximate surface area is 136 Å². The quantitative estimate of drug-likeness (QED) is 0.650. The Kier molecular flexibility index (Phi) is 2.99. The molecule has 0 fully saturated rings. The first-order valence-electron chi connectivity index (χ1n) is 7.24. The van der Waals surface area contributed by atoms with Gasteiger partial charge in [0.05, 0.1) is 16.3 Å². The number of rotatable bonds is 2. The molecule has 2 aromatic carbocycles. The van der Waals surface area contributed by atoms with Gasteiger partial charge >= 0.3 is 0 Å². The summed E-state index contributed by atoms with van der Waals surface area (Å²) < 4.78 is 5.60. The molecule has 1 atom stereocenters. The number of ether oxygens (including phenoxy) is 1. The molecule has 0 radical (unpaired) electrons. The molecule has 0 aromatic heterocycles. The second kappa shape index (κ2) is 5.05. The molecule has 2 N–H and O–H groups in total. The first-order valence-corrected chi connectivity index (χ1v) is 7.24. The maximum Gasteiger partial charge on any atom is 0.276 e. The summed E-state index contributed by atoms with van der Waals surface area (Å²) >= 11 is 0. The number of non-ortho nitro benzene ring substituents is 1. The smallest absolute Gasteiger partial charge is 0.276 e. The maximum absolute atomic E-state index is 12.5. The Morgan fingerprint density at radius 2 is 1.96 bits per heavy atom. The second-order valence-electron chi connectivity index (χ2n) is 5.50. The van der Waals surface area contributed by atoms with E-state index in [2.05, 4.69) is 15.6 Å². The Balaban J connectivity index is 1.70. The van der Waals surface area contributed by atoms with E-state index in [-0.39, 0.29) is 12.3 Å². The largest absolute Gasteiger partial charge is 0.472 e. The SMILES string of the molecule is O=C1Nc2cc([N+](=O)[O-])ccc2NC12COC(c1ccccc1)=N2. The van der Waals surface area contributed by atoms with Crippen molar-refractivity contribution in [3.05, 3.63) is 64.2 Å². The van der Waals surface area contributed by atoms with E-state index >= 15 is 0 Å². The number of fused-ring (bicyclic) bond motifs is 1. The van der Waals surface area contributed by atoms with Crippen LogP contribution in [0, 0.1) is 10.1 Å². The van der Waals surface area contributed by atoms with Crippen molar-refractivity contribution in [2.24, 2.45) is 4.99 Å². The van der Waals surface area contributed by atoms with E-state index in [1.807, 2.05) is 30.3 Å². The van der Waals surface area contributed by atoms with Crippen LogP contribution in [0.4, 0.5) is 17.1 Å². The van der Waals surface area contributed by atoms with Gasteiger partial charge in [0.2, 0.25) is 11.6 Å². The van der Waals surface area contributed by atoms with E-state index in [0.29, 0.717) is 17.3 Å². The molecule has 2 aliphatic heterocycles. The summed E-state index contributed by atoms with van der Waals surface area (Å²) in [6, 6.07) is 13.5. The van der Waals surface area contributed by atoms with Crippen LogP contribution in [0.1, 0.15) is 5.56 Å². The van der Waals surface area contributed by atoms with Crippen molar-refractivity contribution in [2.45, 2.75) is 5.66 Å². The normalized spacial score (nSPS) is 21.3. The van der Waals surface area contributed by atoms with Gasteiger partial charge in [0.15, 0.2) is 0 Å². The van der Waals surface area contributed by atoms with Gasteiger partial charge in [-0.2, -0.15) is 0 Å². The number of carbonyl (C=O) groups is 1. The van der Waals surface area contributed by atoms with Crippen molar-refractivity contribution in [1.29, 1.82) is 0 Å². The predicted molar refractivity (Wildman–Crippen MR) is 87.0 cm³/mol. The first-order chi connectivity index (χ1) is 11.6. The molecule has 0 aliphatic carbocycles. The third kappa shape index (κ3) is 2.16. The van der Waals surface area contributed by atoms with Gasteiger partial charge in [0.1, 0.15) is 6.61 Å². The lowest BCUT2D eigenvalue weighted by atomic mass is 10.1. The summed E-state index contributed by atoms with van der Waals surface area (Å²) in [5, 5.41) is 16.6. The number of benzene rings is 2. The molecule has 8 nitrogen and oxygen atoms in total. The van der Waals surface area contributed by atoms with Crippen LogP contribution in [-0.4, -0.2) is 29.0 Å². The van der Waals surface area contributed by atoms with E-state index < -0.39 is 16.5 Å². The number of carbonyl (C=O) groups excluding carboxylic acids is 1. The summed E-state index contributed by atoms with van der Waals surface area (Å²) in [4.78, 5) is 27.3. The van der Waals surface area contributed by atoms with Crippen molar-refractivity contribution < 1.29 is 14.5 Å². The Morgan fingerprint density at radius 1 is 1.17 bits per heavy atom. The topological polar surface area (TPSA) is 106 Å². The number of anilines is 2. The number of nitrogens with zero attached hydrogens (tertiary/aromatic N) is 2. The van der Waals surface area contributed by atoms with E-state index in [4.69, 9.17) is 4.74 Å². The zero-order chi connectivity index (χ0) is 16.7. The van der Waals surface area contributed by atoms with Crippen LogP contribution in [-0.2, 0) is 9.53 Å². The summed E-state index contributed by atoms with van der Waals surface area (Å²) in [7, 11) is 0. The molecule has 2 heterocycles. The molecule has 0 saturated carbocycles. The highest BCUT2D eigenvalue weighted by molar-refractivity contribution is 6.09. The van der Waals surface area contributed by atoms with Crippen LogP contribution in [0.3, 0.4) is 0 Å². The molecule has 0 saturated heterocycles. The van der Waals surface area contributed by atoms with Crippen molar-refractivity contribution >= 4 is 28.9 Å². The van der Waals surface area contributed by atoms with Gasteiger partial charge in [-0.1, -0.05) is 18.2 Å². The summed E-state index contributed by atoms with van der Waals surface area (Å²) in [6.45, 7) is 0.0412. The molecule has 2 aliphatic rings. The molecule has 0 bridgehead atoms. The van der Waals surface area contributed by atoms with Crippen LogP contribution in [0.5, 0.6) is 0 Å². The molecule has 24 heavy (non-hydrogen) atoms. The molecular weight excluding hydrogens is 312 g/mol. The number of nitro groups is 1. The molecule has 4 rings (SSSR count). The van der Waals surface area contributed by atoms with Crippen molar-refractivity contribution in [2.75, 3.05) is 17.2 Å². The van der Waals surface area contributed by atoms with E-state index in [1.54, 1.807) is 6.07 Å². The van der Waals surface area contributed by atoms with Crippen molar-refractivity contribution in [1.82, 2.24) is 0 Å². The first kappa shape index (κ1) is 14.2. The average Bonchev–Trinajstić information content (AvgIpc) is 3.01. The van der Waals surface area contributed by atoms with Gasteiger partial charge in [-0.15, -0.1) is 0 Å². The number of aliphatic imine (C=N–C) groups is 1. The Bertz CT molecular complexity index is 881. The highest BCUT2D eigenvalue weighted by Gasteiger charge is 2.47. The van der Waals surface area contributed by atoms with Gasteiger partial charge < -0.3 is 15.4 Å². The van der Waals surface area contributed by atoms with Crippen molar-refractivity contribution in [3.8, 4) is 0 Å². The highest BCUT2D eigenvalue weighted by Crippen LogP contribution is 2.36. The maximum atomic E-state index is 12.5. The molecule has 1 spiro atoms. The summed E-state index contributed by atoms with van der Waals surface area (Å²) in [5.74, 6) is -0.0370. The lowest BCUT2D eigenvalue weighted by Crippen LogP contribution is -2.52. The van der Waals surface area contributed by atoms with Crippen LogP contribution >= 0.6 is 0 Å². The number of amides is 1. The number of hydrogen-bond acceptors (Lipinski definition) is 6. The van der Waals surface area contributed by atoms with E-state index in [9.17, 15) is 14.9 Å². The second-order valence-corrected chi connectivity index (χ2v) is 5.50. The van der Waals surface area contributed by atoms with Gasteiger partial charge in [0.25, 0.3) is 11.6 Å². The minimum absolute atomic E-state index is 0.0412. The monoisotopic (exact) mass is 324 g/mol. The Hall–Kier alpha value is -3.42. The highest BCUT2D eigenvalue weighted by atomic mass is 16.6. The number of nitrogens with one attached hydrogen (secondary N) is 2. The fourth-order valence-electron chi connectivity index (χ4n) is 2.68. The fourth-order valence-corrected chi connectivity index (χ4v) is 2.68. The average molecular weight is 324 g/mol. The van der Waals surface area contributed by atoms with Crippen LogP contribution in [0.25, 0.3) is 0 Å². The van der Waals surface area contributed by atoms with E-state index in [1.165, 1.54) is 12.1 Å². The molecule has 2 aromatic rings. The molecule has 8 heteroatoms. The third-order valence-corrected chi connectivity index (χ3v) is 3.91. The van der Waals surface area contributed by atoms with Gasteiger partial charge in [0, 0.05) is 17.7 Å². The van der Waals surface area contributed by atoms with Crippen LogP contribution < -0.4 is 10.6 Å². The van der Waals surface area contributed by atoms with Crippen LogP contribution in [0.15, 0.2) is 53.5 Å². The number of hydrogen-bond donors (Lipinski definition) is 2. The third-order valence-electron chi connectivity index (χ3n) is 3.91. The molecule has 120 valence electrons. The van der Waals surface area contributed by atoms with Crippen LogP contribution in [0.2, 0.25) is 0 Å². The van der Waals surface area contributed by atoms with Gasteiger partial charge in [-0.25, -0.2) is 4.99 Å². The minimum atomic E-state index is -1.27. The fraction of sp³-hybridized carbons (Fsp3) is 0.125. The molecule has 1 unspecified atom stereocenters. The lowest BCUT2D eigenvalue weighted by molar-refractivity contribution is -0.384. The Morgan fingerprint density at radius 3 is 2.71 bits per heavy atom. The van der Waals surface area contributed by atoms with Gasteiger partial charge in [-0.3, -0.25) is 14.9 Å². The molecule has 1 amide bonds. The van der Waals surface area contributed by atoms with Gasteiger partial charge in [-0.05, 0) is 18.2 Å². The predicted octanol–water partition coefficient (Wildman–Crippen LogP) is 2.13. The minimum Gasteiger partial charge on any atom is -0.472 e. The zero-order valence-corrected chi connectivity index (χ0v) is 12.4. The number of nitro benzene ring substituents is 1. The van der Waals surface area contributed by atoms with Crippen molar-refractivity contribution in [3.63, 3.8) is 0 Å². The standard InChI is InChI=1S/C16H12N4O4/c21-15-16(9-24-14(19-16)10-4-2-1-3-5-10)18-12-7-6-11(20(22)23)8-13(12)17-15/h1-8,18H,9H2,(H,17,21). The summed E-state index contributed by atoms with van der Waals surface area (Å²) in [5.41, 5.74) is 0.320. The zero-order valence-electron chi connectivity index (χ0n) is 12.4. The molecular formula is C16H12N4O4. The summed E-state index contributed by atoms with van der Waals surface area (Å²) in [6.07, 6.45) is 0. The van der Waals surface area contributed by atoms with E-state index in [0.717, 1.165) is 5.56 Å².